The normalized spacial score (nSPS) is 20.4. The molecule has 1 saturated heterocycles. The number of esters is 1. The fourth-order valence-electron chi connectivity index (χ4n) is 1.44. The highest BCUT2D eigenvalue weighted by molar-refractivity contribution is 7.10. The van der Waals surface area contributed by atoms with Crippen LogP contribution in [0.3, 0.4) is 0 Å². The van der Waals surface area contributed by atoms with E-state index < -0.39 is 17.7 Å². The molecule has 0 radical (unpaired) electrons. The largest absolute Gasteiger partial charge is 0.457 e. The van der Waals surface area contributed by atoms with Crippen molar-refractivity contribution in [2.45, 2.75) is 6.42 Å². The van der Waals surface area contributed by atoms with Gasteiger partial charge < -0.3 is 4.74 Å². The number of rotatable bonds is 3. The van der Waals surface area contributed by atoms with Gasteiger partial charge in [-0.1, -0.05) is 6.07 Å². The molecular formula is C10H8O4S. The van der Waals surface area contributed by atoms with Gasteiger partial charge >= 0.3 is 5.97 Å². The molecule has 1 atom stereocenters. The minimum atomic E-state index is -1.19. The highest BCUT2D eigenvalue weighted by Gasteiger charge is 2.40. The number of hydrogen-bond acceptors (Lipinski definition) is 5. The maximum atomic E-state index is 11.6. The Morgan fingerprint density at radius 2 is 2.33 bits per heavy atom. The van der Waals surface area contributed by atoms with Gasteiger partial charge in [0.05, 0.1) is 0 Å². The monoisotopic (exact) mass is 224 g/mol. The molecule has 1 unspecified atom stereocenters. The summed E-state index contributed by atoms with van der Waals surface area (Å²) in [5.41, 5.74) is 0. The van der Waals surface area contributed by atoms with Crippen LogP contribution in [0.2, 0.25) is 0 Å². The van der Waals surface area contributed by atoms with Crippen LogP contribution in [0.4, 0.5) is 0 Å². The fourth-order valence-corrected chi connectivity index (χ4v) is 2.15. The van der Waals surface area contributed by atoms with E-state index in [1.54, 1.807) is 6.07 Å². The summed E-state index contributed by atoms with van der Waals surface area (Å²) in [5.74, 6) is -2.69. The van der Waals surface area contributed by atoms with Crippen molar-refractivity contribution in [3.05, 3.63) is 22.4 Å². The minimum absolute atomic E-state index is 0.128. The molecule has 0 amide bonds. The summed E-state index contributed by atoms with van der Waals surface area (Å²) >= 11 is 1.43. The van der Waals surface area contributed by atoms with Crippen molar-refractivity contribution in [1.82, 2.24) is 0 Å². The lowest BCUT2D eigenvalue weighted by Gasteiger charge is -2.01. The van der Waals surface area contributed by atoms with E-state index in [0.717, 1.165) is 4.88 Å². The van der Waals surface area contributed by atoms with Crippen LogP contribution in [0.25, 0.3) is 0 Å². The van der Waals surface area contributed by atoms with E-state index in [9.17, 15) is 14.4 Å². The van der Waals surface area contributed by atoms with Crippen molar-refractivity contribution < 1.29 is 19.1 Å². The molecule has 1 fully saturated rings. The van der Waals surface area contributed by atoms with Crippen molar-refractivity contribution in [2.24, 2.45) is 5.92 Å². The first-order valence-electron chi connectivity index (χ1n) is 4.43. The Kier molecular flexibility index (Phi) is 2.64. The third-order valence-electron chi connectivity index (χ3n) is 2.16. The summed E-state index contributed by atoms with van der Waals surface area (Å²) < 4.78 is 4.51. The first-order chi connectivity index (χ1) is 7.18. The van der Waals surface area contributed by atoms with Crippen LogP contribution in [0.15, 0.2) is 17.5 Å². The summed E-state index contributed by atoms with van der Waals surface area (Å²) in [6.07, 6.45) is 0.128. The number of carbonyl (C=O) groups is 3. The van der Waals surface area contributed by atoms with E-state index >= 15 is 0 Å². The molecule has 2 rings (SSSR count). The van der Waals surface area contributed by atoms with Gasteiger partial charge in [0.1, 0.15) is 0 Å². The van der Waals surface area contributed by atoms with Gasteiger partial charge in [-0.05, 0) is 11.4 Å². The molecule has 0 aromatic carbocycles. The number of cyclic esters (lactones) is 1. The van der Waals surface area contributed by atoms with Crippen LogP contribution in [0.1, 0.15) is 4.88 Å². The summed E-state index contributed by atoms with van der Waals surface area (Å²) in [6, 6.07) is 3.62. The molecule has 0 bridgehead atoms. The van der Waals surface area contributed by atoms with E-state index in [0.29, 0.717) is 0 Å². The molecule has 0 N–H and O–H groups in total. The summed E-state index contributed by atoms with van der Waals surface area (Å²) in [6.45, 7) is -0.264. The number of ketones is 2. The lowest BCUT2D eigenvalue weighted by Crippen LogP contribution is -2.26. The van der Waals surface area contributed by atoms with E-state index in [1.165, 1.54) is 11.3 Å². The predicted octanol–water partition coefficient (Wildman–Crippen LogP) is 0.602. The Balaban J connectivity index is 2.08. The Morgan fingerprint density at radius 3 is 2.87 bits per heavy atom. The van der Waals surface area contributed by atoms with Crippen LogP contribution in [0, 0.1) is 5.92 Å². The maximum Gasteiger partial charge on any atom is 0.324 e. The number of carbonyl (C=O) groups excluding carboxylic acids is 3. The molecule has 0 spiro atoms. The standard InChI is InChI=1S/C10H8O4S/c11-7(4-6-2-1-3-15-6)9-8(12)5-14-10(9)13/h1-3,9H,4-5H2. The van der Waals surface area contributed by atoms with Gasteiger partial charge in [0.15, 0.2) is 24.1 Å². The first kappa shape index (κ1) is 10.0. The van der Waals surface area contributed by atoms with Crippen molar-refractivity contribution in [1.29, 1.82) is 0 Å². The predicted molar refractivity (Wildman–Crippen MR) is 52.5 cm³/mol. The van der Waals surface area contributed by atoms with Gasteiger partial charge in [0.2, 0.25) is 0 Å². The van der Waals surface area contributed by atoms with Crippen molar-refractivity contribution >= 4 is 28.9 Å². The average molecular weight is 224 g/mol. The van der Waals surface area contributed by atoms with Gasteiger partial charge in [0.25, 0.3) is 0 Å². The second-order valence-corrected chi connectivity index (χ2v) is 4.26. The second-order valence-electron chi connectivity index (χ2n) is 3.23. The van der Waals surface area contributed by atoms with Crippen LogP contribution >= 0.6 is 11.3 Å². The Morgan fingerprint density at radius 1 is 1.53 bits per heavy atom. The Labute approximate surface area is 89.9 Å². The highest BCUT2D eigenvalue weighted by Crippen LogP contribution is 2.17. The molecule has 2 heterocycles. The number of hydrogen-bond donors (Lipinski definition) is 0. The molecule has 0 aliphatic carbocycles. The van der Waals surface area contributed by atoms with Gasteiger partial charge in [0, 0.05) is 11.3 Å². The first-order valence-corrected chi connectivity index (χ1v) is 5.31. The molecule has 1 aromatic rings. The Bertz CT molecular complexity index is 391. The van der Waals surface area contributed by atoms with Crippen LogP contribution < -0.4 is 0 Å². The summed E-state index contributed by atoms with van der Waals surface area (Å²) in [4.78, 5) is 34.8. The molecule has 78 valence electrons. The van der Waals surface area contributed by atoms with Crippen molar-refractivity contribution in [2.75, 3.05) is 6.61 Å². The third-order valence-corrected chi connectivity index (χ3v) is 3.04. The maximum absolute atomic E-state index is 11.6. The van der Waals surface area contributed by atoms with E-state index in [4.69, 9.17) is 0 Å². The summed E-state index contributed by atoms with van der Waals surface area (Å²) in [5, 5.41) is 1.84. The second kappa shape index (κ2) is 3.94. The van der Waals surface area contributed by atoms with Crippen LogP contribution in [-0.2, 0) is 25.5 Å². The quantitative estimate of drug-likeness (QED) is 0.557. The third kappa shape index (κ3) is 1.97. The van der Waals surface area contributed by atoms with Gasteiger partial charge in [-0.3, -0.25) is 14.4 Å². The molecule has 15 heavy (non-hydrogen) atoms. The number of Topliss-reactive ketones (excluding diaryl/α,β-unsaturated/α-hetero) is 2. The molecule has 1 aliphatic rings. The number of ether oxygens (including phenoxy) is 1. The van der Waals surface area contributed by atoms with Gasteiger partial charge in [-0.2, -0.15) is 0 Å². The van der Waals surface area contributed by atoms with E-state index in [1.807, 2.05) is 11.4 Å². The lowest BCUT2D eigenvalue weighted by molar-refractivity contribution is -0.144. The summed E-state index contributed by atoms with van der Waals surface area (Å²) in [7, 11) is 0. The topological polar surface area (TPSA) is 60.4 Å². The van der Waals surface area contributed by atoms with Gasteiger partial charge in [-0.25, -0.2) is 0 Å². The highest BCUT2D eigenvalue weighted by atomic mass is 32.1. The van der Waals surface area contributed by atoms with Crippen LogP contribution in [-0.4, -0.2) is 24.1 Å². The molecule has 4 nitrogen and oxygen atoms in total. The number of thiophene rings is 1. The van der Waals surface area contributed by atoms with Crippen LogP contribution in [0.5, 0.6) is 0 Å². The zero-order valence-electron chi connectivity index (χ0n) is 7.76. The molecule has 1 aromatic heterocycles. The molecule has 0 saturated carbocycles. The van der Waals surface area contributed by atoms with Crippen molar-refractivity contribution in [3.8, 4) is 0 Å². The minimum Gasteiger partial charge on any atom is -0.457 e. The Hall–Kier alpha value is -1.49. The smallest absolute Gasteiger partial charge is 0.324 e. The van der Waals surface area contributed by atoms with Gasteiger partial charge in [-0.15, -0.1) is 11.3 Å². The molecule has 1 aliphatic heterocycles. The van der Waals surface area contributed by atoms with E-state index in [2.05, 4.69) is 4.74 Å². The lowest BCUT2D eigenvalue weighted by atomic mass is 9.99. The molecular weight excluding hydrogens is 216 g/mol. The SMILES string of the molecule is O=C1COC(=O)C1C(=O)Cc1cccs1. The zero-order chi connectivity index (χ0) is 10.8. The fraction of sp³-hybridized carbons (Fsp3) is 0.300. The zero-order valence-corrected chi connectivity index (χ0v) is 8.58. The average Bonchev–Trinajstić information content (AvgIpc) is 2.77. The van der Waals surface area contributed by atoms with Crippen molar-refractivity contribution in [3.63, 3.8) is 0 Å². The van der Waals surface area contributed by atoms with E-state index in [-0.39, 0.29) is 18.8 Å². The molecule has 5 heteroatoms.